The number of hydrogen-bond donors (Lipinski definition) is 4. The Bertz CT molecular complexity index is 1240. The summed E-state index contributed by atoms with van der Waals surface area (Å²) in [6.07, 6.45) is 5.61. The zero-order valence-electron chi connectivity index (χ0n) is 23.6. The lowest BCUT2D eigenvalue weighted by Gasteiger charge is -2.36. The number of hydroxylamine groups is 1. The Morgan fingerprint density at radius 3 is 2.21 bits per heavy atom. The third-order valence-electron chi connectivity index (χ3n) is 7.09. The zero-order valence-corrected chi connectivity index (χ0v) is 24.4. The summed E-state index contributed by atoms with van der Waals surface area (Å²) in [4.78, 5) is 27.7. The van der Waals surface area contributed by atoms with Gasteiger partial charge >= 0.3 is 0 Å². The number of pyridine rings is 1. The first-order valence-electron chi connectivity index (χ1n) is 14.4. The predicted molar refractivity (Wildman–Crippen MR) is 159 cm³/mol. The number of aromatic nitrogens is 1. The number of carbonyl (C=O) groups is 2. The molecule has 0 radical (unpaired) electrons. The van der Waals surface area contributed by atoms with Gasteiger partial charge in [0.25, 0.3) is 0 Å². The number of unbranched alkanes of at least 4 members (excludes halogenated alkanes) is 3. The van der Waals surface area contributed by atoms with Crippen molar-refractivity contribution in [1.82, 2.24) is 15.8 Å². The van der Waals surface area contributed by atoms with Crippen molar-refractivity contribution in [3.8, 4) is 0 Å². The second kappa shape index (κ2) is 17.0. The molecule has 2 heterocycles. The first-order chi connectivity index (χ1) is 20.5. The largest absolute Gasteiger partial charge is 0.392 e. The molecule has 0 saturated carbocycles. The van der Waals surface area contributed by atoms with Crippen LogP contribution in [0.1, 0.15) is 79.6 Å². The zero-order chi connectivity index (χ0) is 29.6. The van der Waals surface area contributed by atoms with Crippen molar-refractivity contribution in [2.75, 3.05) is 5.75 Å². The third kappa shape index (κ3) is 10.2. The molecule has 1 aliphatic rings. The van der Waals surface area contributed by atoms with E-state index >= 15 is 0 Å². The van der Waals surface area contributed by atoms with E-state index in [0.29, 0.717) is 32.2 Å². The maximum Gasteiger partial charge on any atom is 0.243 e. The Labute approximate surface area is 251 Å². The van der Waals surface area contributed by atoms with Crippen LogP contribution in [-0.2, 0) is 32.2 Å². The second-order valence-electron chi connectivity index (χ2n) is 10.3. The Balaban J connectivity index is 1.30. The summed E-state index contributed by atoms with van der Waals surface area (Å²) in [5, 5.41) is 21.9. The van der Waals surface area contributed by atoms with Crippen LogP contribution in [0.25, 0.3) is 0 Å². The van der Waals surface area contributed by atoms with Gasteiger partial charge in [-0.15, -0.1) is 11.8 Å². The maximum atomic E-state index is 12.3. The van der Waals surface area contributed by atoms with E-state index in [-0.39, 0.29) is 30.6 Å². The number of benzene rings is 2. The van der Waals surface area contributed by atoms with E-state index in [1.807, 2.05) is 66.7 Å². The lowest BCUT2D eigenvalue weighted by Crippen LogP contribution is -2.31. The van der Waals surface area contributed by atoms with Gasteiger partial charge in [0.1, 0.15) is 0 Å². The van der Waals surface area contributed by atoms with Gasteiger partial charge in [-0.1, -0.05) is 67.4 Å². The van der Waals surface area contributed by atoms with Crippen molar-refractivity contribution < 1.29 is 29.4 Å². The van der Waals surface area contributed by atoms with Crippen LogP contribution >= 0.6 is 11.8 Å². The Hall–Kier alpha value is -3.28. The molecule has 1 aliphatic heterocycles. The number of nitrogens with one attached hydrogen (secondary N) is 2. The van der Waals surface area contributed by atoms with Crippen molar-refractivity contribution in [2.45, 2.75) is 81.6 Å². The fraction of sp³-hybridized carbons (Fsp3) is 0.406. The van der Waals surface area contributed by atoms with Gasteiger partial charge in [0, 0.05) is 43.3 Å². The number of nitrogens with zero attached hydrogens (tertiary/aromatic N) is 1. The molecule has 1 aromatic heterocycles. The highest BCUT2D eigenvalue weighted by Crippen LogP contribution is 2.39. The summed E-state index contributed by atoms with van der Waals surface area (Å²) >= 11 is 1.66. The molecular weight excluding hydrogens is 554 g/mol. The molecule has 0 aliphatic carbocycles. The minimum Gasteiger partial charge on any atom is -0.392 e. The molecule has 0 spiro atoms. The first kappa shape index (κ1) is 31.7. The number of thioether (sulfide) groups is 1. The lowest BCUT2D eigenvalue weighted by molar-refractivity contribution is -0.245. The van der Waals surface area contributed by atoms with Crippen LogP contribution in [-0.4, -0.2) is 39.0 Å². The maximum absolute atomic E-state index is 12.3. The highest BCUT2D eigenvalue weighted by molar-refractivity contribution is 7.99. The number of aliphatic hydroxyl groups is 1. The van der Waals surface area contributed by atoms with Crippen molar-refractivity contribution in [3.05, 3.63) is 95.2 Å². The molecule has 0 unspecified atom stereocenters. The average Bonchev–Trinajstić information content (AvgIpc) is 3.04. The summed E-state index contributed by atoms with van der Waals surface area (Å²) in [5.74, 6) is 0.354. The molecule has 1 saturated heterocycles. The summed E-state index contributed by atoms with van der Waals surface area (Å²) in [7, 11) is 0. The van der Waals surface area contributed by atoms with Crippen molar-refractivity contribution in [1.29, 1.82) is 0 Å². The average molecular weight is 594 g/mol. The fourth-order valence-electron chi connectivity index (χ4n) is 4.70. The molecule has 0 bridgehead atoms. The van der Waals surface area contributed by atoms with E-state index in [4.69, 9.17) is 14.7 Å². The standard InChI is InChI=1S/C32H39N3O6S/c36-21-24-12-14-25(15-13-24)28-19-27(22-42-31-9-5-6-18-33-31)40-32(41-28)26-16-10-23(11-17-26)20-34-29(37)7-3-1-2-4-8-30(38)35-39/h5-6,9-18,27-28,32,36,39H,1-4,7-8,19-22H2,(H,34,37)(H,35,38)/t27-,28+,32+/m1/s1. The van der Waals surface area contributed by atoms with Crippen LogP contribution in [0.3, 0.4) is 0 Å². The van der Waals surface area contributed by atoms with E-state index in [9.17, 15) is 14.7 Å². The molecule has 4 rings (SSSR count). The predicted octanol–water partition coefficient (Wildman–Crippen LogP) is 5.37. The van der Waals surface area contributed by atoms with E-state index in [0.717, 1.165) is 52.3 Å². The van der Waals surface area contributed by atoms with E-state index in [2.05, 4.69) is 10.3 Å². The van der Waals surface area contributed by atoms with Crippen LogP contribution in [0.2, 0.25) is 0 Å². The molecule has 2 aromatic carbocycles. The molecule has 3 aromatic rings. The van der Waals surface area contributed by atoms with Gasteiger partial charge < -0.3 is 19.9 Å². The first-order valence-corrected chi connectivity index (χ1v) is 15.4. The van der Waals surface area contributed by atoms with Crippen molar-refractivity contribution >= 4 is 23.6 Å². The Morgan fingerprint density at radius 1 is 0.857 bits per heavy atom. The third-order valence-corrected chi connectivity index (χ3v) is 8.17. The second-order valence-corrected chi connectivity index (χ2v) is 11.3. The van der Waals surface area contributed by atoms with Gasteiger partial charge in [-0.25, -0.2) is 10.5 Å². The summed E-state index contributed by atoms with van der Waals surface area (Å²) < 4.78 is 12.8. The number of carbonyl (C=O) groups excluding carboxylic acids is 2. The number of hydrogen-bond acceptors (Lipinski definition) is 8. The molecule has 9 nitrogen and oxygen atoms in total. The van der Waals surface area contributed by atoms with E-state index in [1.165, 1.54) is 0 Å². The fourth-order valence-corrected chi connectivity index (χ4v) is 5.58. The molecular formula is C32H39N3O6S. The van der Waals surface area contributed by atoms with Crippen LogP contribution in [0.5, 0.6) is 0 Å². The van der Waals surface area contributed by atoms with Gasteiger partial charge in [-0.05, 0) is 41.7 Å². The van der Waals surface area contributed by atoms with Crippen molar-refractivity contribution in [3.63, 3.8) is 0 Å². The van der Waals surface area contributed by atoms with Crippen LogP contribution in [0.4, 0.5) is 0 Å². The number of aliphatic hydroxyl groups excluding tert-OH is 1. The van der Waals surface area contributed by atoms with Crippen LogP contribution in [0.15, 0.2) is 78.0 Å². The molecule has 3 atom stereocenters. The number of ether oxygens (including phenoxy) is 2. The number of rotatable bonds is 15. The van der Waals surface area contributed by atoms with E-state index in [1.54, 1.807) is 23.4 Å². The molecule has 224 valence electrons. The Kier molecular flexibility index (Phi) is 12.8. The summed E-state index contributed by atoms with van der Waals surface area (Å²) in [6, 6.07) is 21.6. The van der Waals surface area contributed by atoms with Gasteiger partial charge in [-0.2, -0.15) is 0 Å². The summed E-state index contributed by atoms with van der Waals surface area (Å²) in [6.45, 7) is 0.437. The van der Waals surface area contributed by atoms with Gasteiger partial charge in [0.15, 0.2) is 6.29 Å². The monoisotopic (exact) mass is 593 g/mol. The molecule has 10 heteroatoms. The normalized spacial score (nSPS) is 18.4. The number of amides is 2. The minimum absolute atomic E-state index is 0.00107. The van der Waals surface area contributed by atoms with Gasteiger partial charge in [-0.3, -0.25) is 14.8 Å². The molecule has 42 heavy (non-hydrogen) atoms. The lowest BCUT2D eigenvalue weighted by atomic mass is 10.0. The quantitative estimate of drug-likeness (QED) is 0.0801. The van der Waals surface area contributed by atoms with Crippen LogP contribution in [0, 0.1) is 0 Å². The van der Waals surface area contributed by atoms with Gasteiger partial charge in [0.2, 0.25) is 11.8 Å². The summed E-state index contributed by atoms with van der Waals surface area (Å²) in [5.41, 5.74) is 5.42. The highest BCUT2D eigenvalue weighted by Gasteiger charge is 2.32. The SMILES string of the molecule is O=C(CCCCCCC(=O)NCc1ccc([C@H]2O[C@@H](CSc3ccccn3)C[C@@H](c3ccc(CO)cc3)O2)cc1)NO. The van der Waals surface area contributed by atoms with Crippen molar-refractivity contribution in [2.24, 2.45) is 0 Å². The molecule has 2 amide bonds. The molecule has 4 N–H and O–H groups in total. The van der Waals surface area contributed by atoms with Gasteiger partial charge in [0.05, 0.1) is 23.8 Å². The highest BCUT2D eigenvalue weighted by atomic mass is 32.2. The van der Waals surface area contributed by atoms with Crippen LogP contribution < -0.4 is 10.8 Å². The van der Waals surface area contributed by atoms with E-state index < -0.39 is 6.29 Å². The Morgan fingerprint density at radius 2 is 1.55 bits per heavy atom. The smallest absolute Gasteiger partial charge is 0.243 e. The minimum atomic E-state index is -0.539. The molecule has 1 fully saturated rings. The topological polar surface area (TPSA) is 130 Å².